The zero-order chi connectivity index (χ0) is 11.6. The first-order chi connectivity index (χ1) is 6.93. The molecule has 0 bridgehead atoms. The van der Waals surface area contributed by atoms with Crippen LogP contribution < -0.4 is 0 Å². The van der Waals surface area contributed by atoms with Crippen molar-refractivity contribution < 1.29 is 13.6 Å². The van der Waals surface area contributed by atoms with Crippen molar-refractivity contribution in [1.82, 2.24) is 0 Å². The number of Topliss-reactive ketones (excluding diaryl/α,β-unsaturated/α-hetero) is 1. The summed E-state index contributed by atoms with van der Waals surface area (Å²) >= 11 is 2.86. The van der Waals surface area contributed by atoms with E-state index in [0.717, 1.165) is 6.07 Å². The second-order valence-electron chi connectivity index (χ2n) is 3.28. The number of benzene rings is 1. The van der Waals surface area contributed by atoms with Gasteiger partial charge in [-0.15, -0.1) is 0 Å². The van der Waals surface area contributed by atoms with Crippen molar-refractivity contribution in [3.05, 3.63) is 46.0 Å². The molecule has 0 aliphatic heterocycles. The number of halogens is 3. The molecule has 1 aromatic rings. The highest BCUT2D eigenvalue weighted by molar-refractivity contribution is 9.10. The van der Waals surface area contributed by atoms with Gasteiger partial charge < -0.3 is 0 Å². The summed E-state index contributed by atoms with van der Waals surface area (Å²) in [5.41, 5.74) is 0.813. The molecule has 0 N–H and O–H groups in total. The number of hydrogen-bond donors (Lipinski definition) is 0. The van der Waals surface area contributed by atoms with E-state index in [1.165, 1.54) is 6.07 Å². The average molecular weight is 275 g/mol. The Labute approximate surface area is 94.9 Å². The number of ketones is 1. The highest BCUT2D eigenvalue weighted by atomic mass is 79.9. The number of rotatable bonds is 3. The van der Waals surface area contributed by atoms with Crippen molar-refractivity contribution in [2.45, 2.75) is 13.3 Å². The Kier molecular flexibility index (Phi) is 3.74. The summed E-state index contributed by atoms with van der Waals surface area (Å²) in [7, 11) is 0. The molecule has 80 valence electrons. The van der Waals surface area contributed by atoms with E-state index < -0.39 is 11.6 Å². The average Bonchev–Trinajstić information content (AvgIpc) is 2.13. The predicted octanol–water partition coefficient (Wildman–Crippen LogP) is 3.88. The van der Waals surface area contributed by atoms with Crippen molar-refractivity contribution in [1.29, 1.82) is 0 Å². The van der Waals surface area contributed by atoms with Crippen LogP contribution in [-0.2, 0) is 0 Å². The fraction of sp³-hybridized carbons (Fsp3) is 0.182. The summed E-state index contributed by atoms with van der Waals surface area (Å²) in [6, 6.07) is 2.19. The summed E-state index contributed by atoms with van der Waals surface area (Å²) in [5.74, 6) is -2.30. The Balaban J connectivity index is 3.11. The van der Waals surface area contributed by atoms with Gasteiger partial charge in [-0.2, -0.15) is 0 Å². The Morgan fingerprint density at radius 3 is 2.60 bits per heavy atom. The third-order valence-corrected chi connectivity index (χ3v) is 2.57. The third-order valence-electron chi connectivity index (χ3n) is 1.80. The first-order valence-electron chi connectivity index (χ1n) is 4.24. The number of carbonyl (C=O) groups is 1. The maximum Gasteiger partial charge on any atom is 0.173 e. The lowest BCUT2D eigenvalue weighted by atomic mass is 10.0. The van der Waals surface area contributed by atoms with Gasteiger partial charge in [0.2, 0.25) is 0 Å². The van der Waals surface area contributed by atoms with Gasteiger partial charge in [0.05, 0.1) is 4.47 Å². The Morgan fingerprint density at radius 1 is 1.47 bits per heavy atom. The summed E-state index contributed by atoms with van der Waals surface area (Å²) < 4.78 is 25.7. The van der Waals surface area contributed by atoms with Crippen LogP contribution in [-0.4, -0.2) is 5.78 Å². The Hall–Kier alpha value is -1.03. The van der Waals surface area contributed by atoms with Gasteiger partial charge in [0.15, 0.2) is 17.4 Å². The van der Waals surface area contributed by atoms with E-state index in [-0.39, 0.29) is 22.2 Å². The molecule has 0 atom stereocenters. The largest absolute Gasteiger partial charge is 0.294 e. The highest BCUT2D eigenvalue weighted by Crippen LogP contribution is 2.24. The van der Waals surface area contributed by atoms with Gasteiger partial charge in [-0.3, -0.25) is 4.79 Å². The van der Waals surface area contributed by atoms with Crippen LogP contribution in [0.2, 0.25) is 0 Å². The maximum atomic E-state index is 13.1. The van der Waals surface area contributed by atoms with Gasteiger partial charge in [-0.1, -0.05) is 12.2 Å². The molecule has 1 aromatic carbocycles. The Bertz CT molecular complexity index is 427. The fourth-order valence-corrected chi connectivity index (χ4v) is 1.65. The molecule has 1 rings (SSSR count). The molecule has 0 heterocycles. The van der Waals surface area contributed by atoms with E-state index in [2.05, 4.69) is 22.5 Å². The van der Waals surface area contributed by atoms with Crippen LogP contribution in [0, 0.1) is 11.6 Å². The molecule has 0 aromatic heterocycles. The van der Waals surface area contributed by atoms with Crippen LogP contribution in [0.5, 0.6) is 0 Å². The molecule has 0 saturated heterocycles. The molecule has 0 amide bonds. The van der Waals surface area contributed by atoms with Gasteiger partial charge in [0.1, 0.15) is 0 Å². The van der Waals surface area contributed by atoms with Crippen LogP contribution in [0.25, 0.3) is 0 Å². The van der Waals surface area contributed by atoms with E-state index in [9.17, 15) is 13.6 Å². The molecule has 0 radical (unpaired) electrons. The summed E-state index contributed by atoms with van der Waals surface area (Å²) in [5, 5.41) is 0. The molecule has 4 heteroatoms. The van der Waals surface area contributed by atoms with E-state index in [1.54, 1.807) is 6.92 Å². The lowest BCUT2D eigenvalue weighted by Crippen LogP contribution is -2.03. The third kappa shape index (κ3) is 2.72. The van der Waals surface area contributed by atoms with Gasteiger partial charge in [0.25, 0.3) is 0 Å². The molecule has 0 aliphatic carbocycles. The number of hydrogen-bond acceptors (Lipinski definition) is 1. The van der Waals surface area contributed by atoms with E-state index in [4.69, 9.17) is 0 Å². The van der Waals surface area contributed by atoms with Crippen molar-refractivity contribution in [3.63, 3.8) is 0 Å². The molecular formula is C11H9BrF2O. The highest BCUT2D eigenvalue weighted by Gasteiger charge is 2.16. The van der Waals surface area contributed by atoms with Crippen LogP contribution in [0.15, 0.2) is 28.8 Å². The van der Waals surface area contributed by atoms with Crippen molar-refractivity contribution in [2.75, 3.05) is 0 Å². The minimum Gasteiger partial charge on any atom is -0.294 e. The molecule has 0 aliphatic rings. The Morgan fingerprint density at radius 2 is 2.07 bits per heavy atom. The number of allylic oxidation sites excluding steroid dienone is 1. The molecular weight excluding hydrogens is 266 g/mol. The van der Waals surface area contributed by atoms with Crippen LogP contribution >= 0.6 is 15.9 Å². The van der Waals surface area contributed by atoms with Crippen molar-refractivity contribution in [3.8, 4) is 0 Å². The molecule has 15 heavy (non-hydrogen) atoms. The maximum absolute atomic E-state index is 13.1. The topological polar surface area (TPSA) is 17.1 Å². The minimum atomic E-state index is -1.04. The molecule has 0 spiro atoms. The van der Waals surface area contributed by atoms with Crippen LogP contribution in [0.1, 0.15) is 23.7 Å². The standard InChI is InChI=1S/C11H9BrF2O/c1-6(2)5-9(15)7-3-4-8(13)11(14)10(7)12/h3-4H,1,5H2,2H3. The van der Waals surface area contributed by atoms with Gasteiger partial charge in [0, 0.05) is 12.0 Å². The van der Waals surface area contributed by atoms with Crippen LogP contribution in [0.4, 0.5) is 8.78 Å². The quantitative estimate of drug-likeness (QED) is 0.465. The molecule has 0 saturated carbocycles. The summed E-state index contributed by atoms with van der Waals surface area (Å²) in [6.45, 7) is 5.29. The van der Waals surface area contributed by atoms with Gasteiger partial charge in [-0.25, -0.2) is 8.78 Å². The number of carbonyl (C=O) groups excluding carboxylic acids is 1. The smallest absolute Gasteiger partial charge is 0.173 e. The van der Waals surface area contributed by atoms with Gasteiger partial charge in [-0.05, 0) is 35.0 Å². The van der Waals surface area contributed by atoms with Crippen LogP contribution in [0.3, 0.4) is 0 Å². The van der Waals surface area contributed by atoms with E-state index in [1.807, 2.05) is 0 Å². The lowest BCUT2D eigenvalue weighted by molar-refractivity contribution is 0.0992. The summed E-state index contributed by atoms with van der Waals surface area (Å²) in [6.07, 6.45) is 0.129. The van der Waals surface area contributed by atoms with Gasteiger partial charge >= 0.3 is 0 Å². The van der Waals surface area contributed by atoms with Crippen molar-refractivity contribution in [2.24, 2.45) is 0 Å². The second-order valence-corrected chi connectivity index (χ2v) is 4.07. The first kappa shape index (κ1) is 12.0. The summed E-state index contributed by atoms with van der Waals surface area (Å²) in [4.78, 5) is 11.6. The van der Waals surface area contributed by atoms with Crippen molar-refractivity contribution >= 4 is 21.7 Å². The minimum absolute atomic E-state index is 0.129. The van der Waals surface area contributed by atoms with E-state index >= 15 is 0 Å². The fourth-order valence-electron chi connectivity index (χ4n) is 1.11. The normalized spacial score (nSPS) is 10.1. The molecule has 0 fully saturated rings. The zero-order valence-corrected chi connectivity index (χ0v) is 9.70. The lowest BCUT2D eigenvalue weighted by Gasteiger charge is -2.04. The monoisotopic (exact) mass is 274 g/mol. The molecule has 1 nitrogen and oxygen atoms in total. The molecule has 0 unspecified atom stereocenters. The van der Waals surface area contributed by atoms with E-state index in [0.29, 0.717) is 5.57 Å². The SMILES string of the molecule is C=C(C)CC(=O)c1ccc(F)c(F)c1Br. The zero-order valence-electron chi connectivity index (χ0n) is 8.11. The first-order valence-corrected chi connectivity index (χ1v) is 5.04. The second kappa shape index (κ2) is 4.66. The predicted molar refractivity (Wildman–Crippen MR) is 57.8 cm³/mol.